The lowest BCUT2D eigenvalue weighted by molar-refractivity contribution is -0.137. The highest BCUT2D eigenvalue weighted by molar-refractivity contribution is 7.10. The molecule has 0 radical (unpaired) electrons. The van der Waals surface area contributed by atoms with E-state index in [0.29, 0.717) is 11.3 Å². The fourth-order valence-electron chi connectivity index (χ4n) is 3.35. The lowest BCUT2D eigenvalue weighted by Crippen LogP contribution is -2.30. The van der Waals surface area contributed by atoms with Gasteiger partial charge in [-0.05, 0) is 54.6 Å². The van der Waals surface area contributed by atoms with E-state index in [1.54, 1.807) is 35.6 Å². The van der Waals surface area contributed by atoms with E-state index in [1.165, 1.54) is 4.88 Å². The van der Waals surface area contributed by atoms with Gasteiger partial charge in [0.25, 0.3) is 5.91 Å². The number of ether oxygens (including phenoxy) is 1. The number of halogens is 3. The molecule has 2 aromatic heterocycles. The van der Waals surface area contributed by atoms with Gasteiger partial charge in [0.15, 0.2) is 0 Å². The first-order valence-corrected chi connectivity index (χ1v) is 9.95. The van der Waals surface area contributed by atoms with Crippen LogP contribution in [0.4, 0.5) is 13.2 Å². The molecule has 0 N–H and O–H groups in total. The monoisotopic (exact) mass is 418 g/mol. The number of carbonyl (C=O) groups is 1. The van der Waals surface area contributed by atoms with Gasteiger partial charge in [0, 0.05) is 29.2 Å². The second kappa shape index (κ2) is 7.87. The maximum atomic E-state index is 12.9. The minimum Gasteiger partial charge on any atom is -0.439 e. The summed E-state index contributed by atoms with van der Waals surface area (Å²) in [5, 5.41) is 2.01. The molecule has 4 rings (SSSR count). The van der Waals surface area contributed by atoms with Crippen molar-refractivity contribution in [2.75, 3.05) is 6.54 Å². The van der Waals surface area contributed by atoms with Crippen molar-refractivity contribution in [3.63, 3.8) is 0 Å². The minimum absolute atomic E-state index is 0.0416. The van der Waals surface area contributed by atoms with Crippen molar-refractivity contribution in [3.8, 4) is 11.6 Å². The predicted octanol–water partition coefficient (Wildman–Crippen LogP) is 5.93. The van der Waals surface area contributed by atoms with Crippen LogP contribution in [0, 0.1) is 0 Å². The van der Waals surface area contributed by atoms with Crippen molar-refractivity contribution < 1.29 is 22.7 Å². The van der Waals surface area contributed by atoms with Gasteiger partial charge < -0.3 is 9.64 Å². The topological polar surface area (TPSA) is 42.4 Å². The Morgan fingerprint density at radius 2 is 1.93 bits per heavy atom. The number of rotatable bonds is 4. The maximum Gasteiger partial charge on any atom is 0.417 e. The highest BCUT2D eigenvalue weighted by atomic mass is 32.1. The molecule has 1 atom stereocenters. The SMILES string of the molecule is O=C(c1ccc(Oc2ccc(C(F)(F)F)cn2)cc1)N1CCC[C@H]1c1cccs1. The molecule has 0 unspecified atom stereocenters. The number of nitrogens with zero attached hydrogens (tertiary/aromatic N) is 2. The summed E-state index contributed by atoms with van der Waals surface area (Å²) in [6.07, 6.45) is -1.79. The van der Waals surface area contributed by atoms with Crippen LogP contribution < -0.4 is 4.74 Å². The summed E-state index contributed by atoms with van der Waals surface area (Å²) < 4.78 is 43.3. The van der Waals surface area contributed by atoms with Crippen molar-refractivity contribution in [2.45, 2.75) is 25.1 Å². The van der Waals surface area contributed by atoms with Gasteiger partial charge in [0.2, 0.25) is 5.88 Å². The minimum atomic E-state index is -4.44. The summed E-state index contributed by atoms with van der Waals surface area (Å²) >= 11 is 1.65. The fourth-order valence-corrected chi connectivity index (χ4v) is 4.22. The van der Waals surface area contributed by atoms with Gasteiger partial charge in [0.1, 0.15) is 5.75 Å². The summed E-state index contributed by atoms with van der Waals surface area (Å²) in [6.45, 7) is 0.717. The number of carbonyl (C=O) groups excluding carboxylic acids is 1. The quantitative estimate of drug-likeness (QED) is 0.527. The number of hydrogen-bond donors (Lipinski definition) is 0. The zero-order valence-electron chi connectivity index (χ0n) is 15.2. The molecule has 8 heteroatoms. The number of alkyl halides is 3. The van der Waals surface area contributed by atoms with Gasteiger partial charge in [-0.3, -0.25) is 4.79 Å². The predicted molar refractivity (Wildman–Crippen MR) is 103 cm³/mol. The number of aromatic nitrogens is 1. The third-order valence-corrected chi connectivity index (χ3v) is 5.75. The third-order valence-electron chi connectivity index (χ3n) is 4.77. The van der Waals surface area contributed by atoms with Crippen LogP contribution in [0.5, 0.6) is 11.6 Å². The van der Waals surface area contributed by atoms with E-state index in [4.69, 9.17) is 4.74 Å². The Morgan fingerprint density at radius 1 is 1.14 bits per heavy atom. The average molecular weight is 418 g/mol. The van der Waals surface area contributed by atoms with Gasteiger partial charge >= 0.3 is 6.18 Å². The number of amides is 1. The first-order valence-electron chi connectivity index (χ1n) is 9.07. The van der Waals surface area contributed by atoms with E-state index < -0.39 is 11.7 Å². The standard InChI is InChI=1S/C21H17F3N2O2S/c22-21(23,24)15-7-10-19(25-13-15)28-16-8-5-14(6-9-16)20(27)26-11-1-3-17(26)18-4-2-12-29-18/h2,4-10,12-13,17H,1,3,11H2/t17-/m0/s1. The third kappa shape index (κ3) is 4.27. The Labute approximate surface area is 169 Å². The van der Waals surface area contributed by atoms with Crippen LogP contribution in [-0.4, -0.2) is 22.3 Å². The highest BCUT2D eigenvalue weighted by Crippen LogP contribution is 2.36. The molecule has 0 bridgehead atoms. The van der Waals surface area contributed by atoms with E-state index in [9.17, 15) is 18.0 Å². The van der Waals surface area contributed by atoms with Crippen LogP contribution in [0.1, 0.15) is 39.7 Å². The molecule has 0 spiro atoms. The van der Waals surface area contributed by atoms with Crippen molar-refractivity contribution in [1.29, 1.82) is 0 Å². The normalized spacial score (nSPS) is 16.8. The van der Waals surface area contributed by atoms with E-state index in [-0.39, 0.29) is 17.8 Å². The maximum absolute atomic E-state index is 12.9. The molecule has 3 heterocycles. The van der Waals surface area contributed by atoms with Crippen molar-refractivity contribution in [2.24, 2.45) is 0 Å². The summed E-state index contributed by atoms with van der Waals surface area (Å²) in [5.74, 6) is 0.402. The number of thiophene rings is 1. The molecule has 0 aliphatic carbocycles. The van der Waals surface area contributed by atoms with E-state index in [0.717, 1.165) is 37.7 Å². The van der Waals surface area contributed by atoms with Crippen LogP contribution in [0.15, 0.2) is 60.1 Å². The van der Waals surface area contributed by atoms with Gasteiger partial charge in [-0.2, -0.15) is 13.2 Å². The molecule has 1 aliphatic rings. The van der Waals surface area contributed by atoms with Crippen LogP contribution in [0.25, 0.3) is 0 Å². The lowest BCUT2D eigenvalue weighted by atomic mass is 10.1. The molecule has 1 fully saturated rings. The zero-order valence-corrected chi connectivity index (χ0v) is 16.0. The first-order chi connectivity index (χ1) is 13.9. The van der Waals surface area contributed by atoms with Crippen LogP contribution in [0.3, 0.4) is 0 Å². The fraction of sp³-hybridized carbons (Fsp3) is 0.238. The van der Waals surface area contributed by atoms with Gasteiger partial charge in [0.05, 0.1) is 11.6 Å². The number of benzene rings is 1. The Hall–Kier alpha value is -2.87. The van der Waals surface area contributed by atoms with E-state index in [1.807, 2.05) is 16.3 Å². The van der Waals surface area contributed by atoms with Crippen LogP contribution in [-0.2, 0) is 6.18 Å². The largest absolute Gasteiger partial charge is 0.439 e. The Morgan fingerprint density at radius 3 is 2.55 bits per heavy atom. The Kier molecular flexibility index (Phi) is 5.27. The van der Waals surface area contributed by atoms with Crippen molar-refractivity contribution >= 4 is 17.2 Å². The lowest BCUT2D eigenvalue weighted by Gasteiger charge is -2.24. The van der Waals surface area contributed by atoms with Crippen LogP contribution in [0.2, 0.25) is 0 Å². The average Bonchev–Trinajstić information content (AvgIpc) is 3.39. The highest BCUT2D eigenvalue weighted by Gasteiger charge is 2.32. The molecular formula is C21H17F3N2O2S. The smallest absolute Gasteiger partial charge is 0.417 e. The molecule has 1 saturated heterocycles. The van der Waals surface area contributed by atoms with E-state index >= 15 is 0 Å². The molecule has 150 valence electrons. The molecule has 3 aromatic rings. The number of hydrogen-bond acceptors (Lipinski definition) is 4. The molecule has 0 saturated carbocycles. The second-order valence-corrected chi connectivity index (χ2v) is 7.66. The summed E-state index contributed by atoms with van der Waals surface area (Å²) in [7, 11) is 0. The summed E-state index contributed by atoms with van der Waals surface area (Å²) in [5.41, 5.74) is -0.294. The Balaban J connectivity index is 1.44. The molecule has 1 aliphatic heterocycles. The summed E-state index contributed by atoms with van der Waals surface area (Å²) in [4.78, 5) is 19.7. The molecular weight excluding hydrogens is 401 g/mol. The van der Waals surface area contributed by atoms with Gasteiger partial charge in [-0.15, -0.1) is 11.3 Å². The first kappa shape index (κ1) is 19.4. The van der Waals surface area contributed by atoms with Gasteiger partial charge in [-0.1, -0.05) is 6.07 Å². The molecule has 4 nitrogen and oxygen atoms in total. The Bertz CT molecular complexity index is 971. The molecule has 1 aromatic carbocycles. The van der Waals surface area contributed by atoms with Crippen LogP contribution >= 0.6 is 11.3 Å². The van der Waals surface area contributed by atoms with Crippen molar-refractivity contribution in [3.05, 3.63) is 76.1 Å². The molecule has 1 amide bonds. The number of pyridine rings is 1. The second-order valence-electron chi connectivity index (χ2n) is 6.68. The zero-order chi connectivity index (χ0) is 20.4. The molecule has 29 heavy (non-hydrogen) atoms. The van der Waals surface area contributed by atoms with E-state index in [2.05, 4.69) is 11.1 Å². The van der Waals surface area contributed by atoms with Crippen molar-refractivity contribution in [1.82, 2.24) is 9.88 Å². The summed E-state index contributed by atoms with van der Waals surface area (Å²) in [6, 6.07) is 12.8. The van der Waals surface area contributed by atoms with Gasteiger partial charge in [-0.25, -0.2) is 4.98 Å². The number of likely N-dealkylation sites (tertiary alicyclic amines) is 1.